The average molecular weight is 531 g/mol. The Hall–Kier alpha value is -4.16. The maximum absolute atomic E-state index is 13.5. The number of hydrogen-bond donors (Lipinski definition) is 1. The van der Waals surface area contributed by atoms with Crippen molar-refractivity contribution in [1.82, 2.24) is 30.1 Å². The lowest BCUT2D eigenvalue weighted by molar-refractivity contribution is -0.384. The molecule has 2 fully saturated rings. The zero-order chi connectivity index (χ0) is 26.9. The number of non-ortho nitro benzene ring substituents is 1. The molecule has 0 bridgehead atoms. The van der Waals surface area contributed by atoms with Crippen molar-refractivity contribution in [3.05, 3.63) is 86.0 Å². The van der Waals surface area contributed by atoms with E-state index in [0.29, 0.717) is 44.1 Å². The van der Waals surface area contributed by atoms with Crippen LogP contribution >= 0.6 is 0 Å². The van der Waals surface area contributed by atoms with Gasteiger partial charge >= 0.3 is 0 Å². The van der Waals surface area contributed by atoms with Gasteiger partial charge in [-0.2, -0.15) is 0 Å². The van der Waals surface area contributed by atoms with Crippen LogP contribution in [-0.4, -0.2) is 73.9 Å². The Kier molecular flexibility index (Phi) is 6.79. The number of rotatable bonds is 7. The summed E-state index contributed by atoms with van der Waals surface area (Å²) in [6.07, 6.45) is 2.01. The van der Waals surface area contributed by atoms with E-state index in [1.165, 1.54) is 12.1 Å². The Morgan fingerprint density at radius 2 is 1.95 bits per heavy atom. The van der Waals surface area contributed by atoms with Crippen molar-refractivity contribution in [2.24, 2.45) is 0 Å². The molecule has 39 heavy (non-hydrogen) atoms. The number of ether oxygens (including phenoxy) is 1. The summed E-state index contributed by atoms with van der Waals surface area (Å²) in [6.45, 7) is 5.93. The predicted molar refractivity (Wildman–Crippen MR) is 145 cm³/mol. The number of tetrazole rings is 1. The maximum atomic E-state index is 13.5. The zero-order valence-corrected chi connectivity index (χ0v) is 21.7. The number of aromatic nitrogens is 5. The summed E-state index contributed by atoms with van der Waals surface area (Å²) in [4.78, 5) is 31.7. The molecule has 202 valence electrons. The third-order valence-electron chi connectivity index (χ3n) is 7.72. The highest BCUT2D eigenvalue weighted by molar-refractivity contribution is 5.82. The highest BCUT2D eigenvalue weighted by Crippen LogP contribution is 2.30. The summed E-state index contributed by atoms with van der Waals surface area (Å²) in [5.74, 6) is 0.617. The molecule has 1 N–H and O–H groups in total. The lowest BCUT2D eigenvalue weighted by Gasteiger charge is -2.39. The van der Waals surface area contributed by atoms with Gasteiger partial charge in [0.1, 0.15) is 6.04 Å². The van der Waals surface area contributed by atoms with E-state index in [2.05, 4.69) is 30.3 Å². The number of hydrogen-bond acceptors (Lipinski definition) is 9. The van der Waals surface area contributed by atoms with Crippen LogP contribution in [0.25, 0.3) is 10.9 Å². The van der Waals surface area contributed by atoms with Gasteiger partial charge < -0.3 is 14.6 Å². The highest BCUT2D eigenvalue weighted by atomic mass is 16.6. The Balaban J connectivity index is 1.33. The summed E-state index contributed by atoms with van der Waals surface area (Å²) in [7, 11) is 0. The van der Waals surface area contributed by atoms with Crippen molar-refractivity contribution < 1.29 is 9.66 Å². The number of H-pyrrole nitrogens is 1. The van der Waals surface area contributed by atoms with Gasteiger partial charge in [-0.3, -0.25) is 19.8 Å². The molecule has 12 heteroatoms. The van der Waals surface area contributed by atoms with Crippen LogP contribution in [0.3, 0.4) is 0 Å². The number of nitro benzene ring substituents is 1. The number of pyridine rings is 1. The number of para-hydroxylation sites is 1. The standard InChI is InChI=1S/C27H30N8O4/c1-18-4-2-5-19-16-23(27(36)28-24(18)19)25(26-29-30-31-34(26)17-22-6-3-15-39-22)33-13-11-32(12-14-33)20-7-9-21(10-8-20)35(37)38/h2,4-5,7-10,16,22,25H,3,6,11-15,17H2,1H3,(H,28,36)/t22-,25+/m0/s1. The number of nitrogens with one attached hydrogen (secondary N) is 1. The molecule has 2 aromatic heterocycles. The molecule has 2 aliphatic rings. The van der Waals surface area contributed by atoms with E-state index in [9.17, 15) is 14.9 Å². The lowest BCUT2D eigenvalue weighted by Crippen LogP contribution is -2.49. The van der Waals surface area contributed by atoms with Gasteiger partial charge in [-0.05, 0) is 59.3 Å². The zero-order valence-electron chi connectivity index (χ0n) is 21.7. The van der Waals surface area contributed by atoms with Gasteiger partial charge in [0.05, 0.1) is 23.1 Å². The van der Waals surface area contributed by atoms with Crippen LogP contribution in [0.4, 0.5) is 11.4 Å². The molecule has 6 rings (SSSR count). The topological polar surface area (TPSA) is 135 Å². The molecule has 0 amide bonds. The Morgan fingerprint density at radius 3 is 2.67 bits per heavy atom. The second-order valence-electron chi connectivity index (χ2n) is 10.1. The molecule has 12 nitrogen and oxygen atoms in total. The van der Waals surface area contributed by atoms with Gasteiger partial charge in [0.15, 0.2) is 5.82 Å². The van der Waals surface area contributed by atoms with Gasteiger partial charge in [-0.25, -0.2) is 4.68 Å². The predicted octanol–water partition coefficient (Wildman–Crippen LogP) is 2.82. The molecule has 0 saturated carbocycles. The summed E-state index contributed by atoms with van der Waals surface area (Å²) in [5.41, 5.74) is 3.27. The van der Waals surface area contributed by atoms with E-state index in [-0.39, 0.29) is 17.4 Å². The monoisotopic (exact) mass is 530 g/mol. The fourth-order valence-corrected chi connectivity index (χ4v) is 5.64. The third-order valence-corrected chi connectivity index (χ3v) is 7.72. The number of nitrogens with zero attached hydrogens (tertiary/aromatic N) is 7. The van der Waals surface area contributed by atoms with Gasteiger partial charge in [-0.1, -0.05) is 18.2 Å². The van der Waals surface area contributed by atoms with Crippen molar-refractivity contribution in [2.75, 3.05) is 37.7 Å². The second kappa shape index (κ2) is 10.5. The number of aromatic amines is 1. The number of fused-ring (bicyclic) bond motifs is 1. The number of benzene rings is 2. The number of anilines is 1. The van der Waals surface area contributed by atoms with Crippen LogP contribution in [0.2, 0.25) is 0 Å². The van der Waals surface area contributed by atoms with E-state index < -0.39 is 11.0 Å². The van der Waals surface area contributed by atoms with Crippen LogP contribution in [-0.2, 0) is 11.3 Å². The normalized spacial score (nSPS) is 19.0. The smallest absolute Gasteiger partial charge is 0.269 e. The number of piperazine rings is 1. The largest absolute Gasteiger partial charge is 0.376 e. The third kappa shape index (κ3) is 5.00. The summed E-state index contributed by atoms with van der Waals surface area (Å²) >= 11 is 0. The van der Waals surface area contributed by atoms with Crippen LogP contribution in [0.1, 0.15) is 35.8 Å². The lowest BCUT2D eigenvalue weighted by atomic mass is 10.0. The van der Waals surface area contributed by atoms with E-state index in [4.69, 9.17) is 4.74 Å². The molecule has 0 aliphatic carbocycles. The molecule has 2 aliphatic heterocycles. The first-order chi connectivity index (χ1) is 19.0. The van der Waals surface area contributed by atoms with Gasteiger partial charge in [0, 0.05) is 56.2 Å². The van der Waals surface area contributed by atoms with Gasteiger partial charge in [-0.15, -0.1) is 5.10 Å². The Morgan fingerprint density at radius 1 is 1.15 bits per heavy atom. The van der Waals surface area contributed by atoms with Gasteiger partial charge in [0.2, 0.25) is 0 Å². The molecule has 0 unspecified atom stereocenters. The van der Waals surface area contributed by atoms with Crippen molar-refractivity contribution in [3.8, 4) is 0 Å². The molecular formula is C27H30N8O4. The maximum Gasteiger partial charge on any atom is 0.269 e. The molecule has 0 spiro atoms. The fraction of sp³-hybridized carbons (Fsp3) is 0.407. The first-order valence-electron chi connectivity index (χ1n) is 13.2. The minimum Gasteiger partial charge on any atom is -0.376 e. The SMILES string of the molecule is Cc1cccc2cc([C@H](c3nnnn3C[C@@H]3CCCO3)N3CCN(c4ccc([N+](=O)[O-])cc4)CC3)c(=O)[nH]c12. The molecule has 4 aromatic rings. The summed E-state index contributed by atoms with van der Waals surface area (Å²) in [6, 6.07) is 14.1. The highest BCUT2D eigenvalue weighted by Gasteiger charge is 2.33. The first-order valence-corrected chi connectivity index (χ1v) is 13.2. The van der Waals surface area contributed by atoms with Crippen molar-refractivity contribution in [3.63, 3.8) is 0 Å². The summed E-state index contributed by atoms with van der Waals surface area (Å²) in [5, 5.41) is 24.7. The van der Waals surface area contributed by atoms with E-state index in [1.54, 1.807) is 16.8 Å². The van der Waals surface area contributed by atoms with Crippen molar-refractivity contribution >= 4 is 22.3 Å². The molecular weight excluding hydrogens is 500 g/mol. The molecule has 2 saturated heterocycles. The first kappa shape index (κ1) is 25.1. The minimum absolute atomic E-state index is 0.0458. The fourth-order valence-electron chi connectivity index (χ4n) is 5.64. The van der Waals surface area contributed by atoms with Crippen LogP contribution in [0.15, 0.2) is 53.3 Å². The van der Waals surface area contributed by atoms with Crippen LogP contribution in [0.5, 0.6) is 0 Å². The molecule has 4 heterocycles. The molecule has 0 radical (unpaired) electrons. The quantitative estimate of drug-likeness (QED) is 0.283. The molecule has 2 atom stereocenters. The second-order valence-corrected chi connectivity index (χ2v) is 10.1. The number of nitro groups is 1. The van der Waals surface area contributed by atoms with Crippen LogP contribution < -0.4 is 10.5 Å². The summed E-state index contributed by atoms with van der Waals surface area (Å²) < 4.78 is 7.63. The average Bonchev–Trinajstić information content (AvgIpc) is 3.63. The van der Waals surface area contributed by atoms with E-state index in [1.807, 2.05) is 31.2 Å². The van der Waals surface area contributed by atoms with Crippen LogP contribution in [0, 0.1) is 17.0 Å². The van der Waals surface area contributed by atoms with Crippen molar-refractivity contribution in [1.29, 1.82) is 0 Å². The number of aryl methyl sites for hydroxylation is 1. The van der Waals surface area contributed by atoms with E-state index >= 15 is 0 Å². The van der Waals surface area contributed by atoms with E-state index in [0.717, 1.165) is 41.6 Å². The Labute approximate surface area is 224 Å². The van der Waals surface area contributed by atoms with Gasteiger partial charge in [0.25, 0.3) is 11.2 Å². The van der Waals surface area contributed by atoms with Crippen molar-refractivity contribution in [2.45, 2.75) is 38.5 Å². The molecule has 2 aromatic carbocycles. The Bertz CT molecular complexity index is 1540. The minimum atomic E-state index is -0.450.